The van der Waals surface area contributed by atoms with E-state index in [0.717, 1.165) is 14.2 Å². The molecule has 1 aromatic carbocycles. The lowest BCUT2D eigenvalue weighted by Gasteiger charge is -2.07. The summed E-state index contributed by atoms with van der Waals surface area (Å²) in [5.74, 6) is -2.03. The fourth-order valence-corrected chi connectivity index (χ4v) is 1.90. The van der Waals surface area contributed by atoms with Gasteiger partial charge in [-0.2, -0.15) is 0 Å². The van der Waals surface area contributed by atoms with Crippen LogP contribution >= 0.6 is 11.6 Å². The number of carbonyl (C=O) groups is 2. The molecule has 122 valence electrons. The molecule has 0 radical (unpaired) electrons. The topological polar surface area (TPSA) is 95.7 Å². The lowest BCUT2D eigenvalue weighted by molar-refractivity contribution is -0.470. The number of nitrogens with zero attached hydrogens (tertiary/aromatic N) is 1. The molecule has 0 aromatic heterocycles. The van der Waals surface area contributed by atoms with Gasteiger partial charge in [0.15, 0.2) is 5.57 Å². The largest absolute Gasteiger partial charge is 0.465 e. The summed E-state index contributed by atoms with van der Waals surface area (Å²) in [5.41, 5.74) is -0.104. The SMILES string of the molecule is COC(=O)C(C(=O)OC)=C(/C=C/c1ccccc1Cl)C[N+](=O)[O-]. The number of hydrogen-bond acceptors (Lipinski definition) is 6. The summed E-state index contributed by atoms with van der Waals surface area (Å²) >= 11 is 5.99. The van der Waals surface area contributed by atoms with Crippen LogP contribution in [0.2, 0.25) is 5.02 Å². The van der Waals surface area contributed by atoms with Crippen LogP contribution in [0.4, 0.5) is 0 Å². The van der Waals surface area contributed by atoms with Crippen LogP contribution in [-0.4, -0.2) is 37.6 Å². The Hall–Kier alpha value is -2.67. The van der Waals surface area contributed by atoms with Gasteiger partial charge in [0.25, 0.3) is 0 Å². The molecule has 0 spiro atoms. The van der Waals surface area contributed by atoms with Crippen LogP contribution in [-0.2, 0) is 19.1 Å². The molecule has 8 heteroatoms. The zero-order valence-corrected chi connectivity index (χ0v) is 13.2. The van der Waals surface area contributed by atoms with Crippen LogP contribution in [0.1, 0.15) is 5.56 Å². The zero-order chi connectivity index (χ0) is 17.4. The number of methoxy groups -OCH3 is 2. The van der Waals surface area contributed by atoms with Crippen molar-refractivity contribution in [3.05, 3.63) is 62.2 Å². The van der Waals surface area contributed by atoms with Crippen molar-refractivity contribution in [3.63, 3.8) is 0 Å². The molecule has 23 heavy (non-hydrogen) atoms. The third-order valence-corrected chi connectivity index (χ3v) is 3.11. The van der Waals surface area contributed by atoms with Gasteiger partial charge in [0.05, 0.1) is 14.2 Å². The number of nitro groups is 1. The molecule has 0 N–H and O–H groups in total. The highest BCUT2D eigenvalue weighted by atomic mass is 35.5. The zero-order valence-electron chi connectivity index (χ0n) is 12.4. The van der Waals surface area contributed by atoms with Gasteiger partial charge in [-0.15, -0.1) is 0 Å². The Morgan fingerprint density at radius 1 is 1.22 bits per heavy atom. The second-order valence-corrected chi connectivity index (χ2v) is 4.64. The maximum Gasteiger partial charge on any atom is 0.345 e. The molecule has 0 atom stereocenters. The summed E-state index contributed by atoms with van der Waals surface area (Å²) in [5, 5.41) is 11.2. The van der Waals surface area contributed by atoms with Crippen molar-refractivity contribution in [2.24, 2.45) is 0 Å². The van der Waals surface area contributed by atoms with Crippen molar-refractivity contribution in [3.8, 4) is 0 Å². The Kier molecular flexibility index (Phi) is 6.95. The molecule has 0 bridgehead atoms. The smallest absolute Gasteiger partial charge is 0.345 e. The van der Waals surface area contributed by atoms with E-state index in [0.29, 0.717) is 10.6 Å². The monoisotopic (exact) mass is 339 g/mol. The van der Waals surface area contributed by atoms with Crippen LogP contribution in [0.25, 0.3) is 6.08 Å². The predicted octanol–water partition coefficient (Wildman–Crippen LogP) is 2.27. The van der Waals surface area contributed by atoms with E-state index in [4.69, 9.17) is 11.6 Å². The highest BCUT2D eigenvalue weighted by Crippen LogP contribution is 2.19. The van der Waals surface area contributed by atoms with Crippen LogP contribution < -0.4 is 0 Å². The maximum atomic E-state index is 11.8. The van der Waals surface area contributed by atoms with Crippen LogP contribution in [0.15, 0.2) is 41.5 Å². The van der Waals surface area contributed by atoms with Crippen molar-refractivity contribution < 1.29 is 24.0 Å². The molecule has 1 aromatic rings. The van der Waals surface area contributed by atoms with E-state index >= 15 is 0 Å². The van der Waals surface area contributed by atoms with Gasteiger partial charge in [0.2, 0.25) is 6.54 Å². The van der Waals surface area contributed by atoms with Crippen LogP contribution in [0.5, 0.6) is 0 Å². The van der Waals surface area contributed by atoms with Crippen LogP contribution in [0.3, 0.4) is 0 Å². The van der Waals surface area contributed by atoms with Crippen molar-refractivity contribution in [1.82, 2.24) is 0 Å². The van der Waals surface area contributed by atoms with E-state index in [1.54, 1.807) is 24.3 Å². The molecule has 0 aliphatic rings. The number of hydrogen-bond donors (Lipinski definition) is 0. The molecule has 0 heterocycles. The van der Waals surface area contributed by atoms with E-state index in [-0.39, 0.29) is 5.57 Å². The average molecular weight is 340 g/mol. The van der Waals surface area contributed by atoms with E-state index < -0.39 is 29.0 Å². The first kappa shape index (κ1) is 18.4. The summed E-state index contributed by atoms with van der Waals surface area (Å²) in [6.45, 7) is -0.750. The van der Waals surface area contributed by atoms with Crippen LogP contribution in [0, 0.1) is 10.1 Å². The molecule has 0 amide bonds. The van der Waals surface area contributed by atoms with Crippen molar-refractivity contribution in [2.75, 3.05) is 20.8 Å². The van der Waals surface area contributed by atoms with Gasteiger partial charge in [-0.1, -0.05) is 42.0 Å². The molecular weight excluding hydrogens is 326 g/mol. The number of ether oxygens (including phenoxy) is 2. The van der Waals surface area contributed by atoms with Gasteiger partial charge < -0.3 is 9.47 Å². The summed E-state index contributed by atoms with van der Waals surface area (Å²) in [4.78, 5) is 33.7. The Morgan fingerprint density at radius 3 is 2.26 bits per heavy atom. The molecule has 0 saturated carbocycles. The Morgan fingerprint density at radius 2 is 1.78 bits per heavy atom. The number of halogens is 1. The molecular formula is C15H14ClNO6. The van der Waals surface area contributed by atoms with Crippen molar-refractivity contribution in [2.45, 2.75) is 0 Å². The Balaban J connectivity index is 3.38. The van der Waals surface area contributed by atoms with Gasteiger partial charge in [-0.05, 0) is 11.6 Å². The third-order valence-electron chi connectivity index (χ3n) is 2.77. The van der Waals surface area contributed by atoms with E-state index in [2.05, 4.69) is 9.47 Å². The maximum absolute atomic E-state index is 11.8. The molecule has 0 fully saturated rings. The summed E-state index contributed by atoms with van der Waals surface area (Å²) in [7, 11) is 2.12. The second-order valence-electron chi connectivity index (χ2n) is 4.23. The first-order valence-corrected chi connectivity index (χ1v) is 6.72. The summed E-state index contributed by atoms with van der Waals surface area (Å²) < 4.78 is 8.99. The van der Waals surface area contributed by atoms with E-state index in [9.17, 15) is 19.7 Å². The molecule has 0 unspecified atom stereocenters. The van der Waals surface area contributed by atoms with Gasteiger partial charge >= 0.3 is 11.9 Å². The van der Waals surface area contributed by atoms with E-state index in [1.165, 1.54) is 12.2 Å². The fraction of sp³-hybridized carbons (Fsp3) is 0.200. The van der Waals surface area contributed by atoms with Crippen molar-refractivity contribution >= 4 is 29.6 Å². The minimum atomic E-state index is -1.02. The minimum absolute atomic E-state index is 0.145. The first-order valence-electron chi connectivity index (χ1n) is 6.34. The van der Waals surface area contributed by atoms with Gasteiger partial charge in [-0.3, -0.25) is 10.1 Å². The summed E-state index contributed by atoms with van der Waals surface area (Å²) in [6.07, 6.45) is 2.74. The molecule has 0 aliphatic heterocycles. The quantitative estimate of drug-likeness (QED) is 0.150. The van der Waals surface area contributed by atoms with E-state index in [1.807, 2.05) is 0 Å². The lowest BCUT2D eigenvalue weighted by atomic mass is 10.1. The number of benzene rings is 1. The fourth-order valence-electron chi connectivity index (χ4n) is 1.70. The van der Waals surface area contributed by atoms with Crippen molar-refractivity contribution in [1.29, 1.82) is 0 Å². The normalized spacial score (nSPS) is 10.2. The predicted molar refractivity (Wildman–Crippen MR) is 83.4 cm³/mol. The highest BCUT2D eigenvalue weighted by Gasteiger charge is 2.26. The molecule has 0 saturated heterocycles. The Labute approximate surface area is 137 Å². The molecule has 0 aliphatic carbocycles. The average Bonchev–Trinajstić information content (AvgIpc) is 2.52. The van der Waals surface area contributed by atoms with Gasteiger partial charge in [0, 0.05) is 15.5 Å². The summed E-state index contributed by atoms with van der Waals surface area (Å²) in [6, 6.07) is 6.77. The number of esters is 2. The molecule has 1 rings (SSSR count). The Bertz CT molecular complexity index is 662. The van der Waals surface area contributed by atoms with Gasteiger partial charge in [-0.25, -0.2) is 9.59 Å². The third kappa shape index (κ3) is 5.23. The second kappa shape index (κ2) is 8.70. The number of rotatable bonds is 6. The molecule has 7 nitrogen and oxygen atoms in total. The standard InChI is InChI=1S/C15H14ClNO6/c1-22-14(18)13(15(19)23-2)11(9-17(20)21)8-7-10-5-3-4-6-12(10)16/h3-8H,9H2,1-2H3/b8-7+. The lowest BCUT2D eigenvalue weighted by Crippen LogP contribution is -2.20. The van der Waals surface area contributed by atoms with Gasteiger partial charge in [0.1, 0.15) is 0 Å². The highest BCUT2D eigenvalue weighted by molar-refractivity contribution is 6.32. The minimum Gasteiger partial charge on any atom is -0.465 e. The first-order chi connectivity index (χ1) is 10.9. The number of carbonyl (C=O) groups excluding carboxylic acids is 2.